The third-order valence-electron chi connectivity index (χ3n) is 7.62. The van der Waals surface area contributed by atoms with E-state index >= 15 is 0 Å². The fourth-order valence-electron chi connectivity index (χ4n) is 5.55. The van der Waals surface area contributed by atoms with E-state index in [2.05, 4.69) is 16.3 Å². The van der Waals surface area contributed by atoms with Crippen LogP contribution >= 0.6 is 0 Å². The standard InChI is InChI=1S/C26H38FN5O3/c1-30-23-16-19(7-8-21(23)32(26(30)35)22-9-10-24(33)29-25(22)34)18-11-14-31(15-12-18)17-20(27)6-4-2-3-5-13-28/h7-8,16,18,20,22H,2-6,9-15,17,28H2,1H3,(H,29,33,34). The third-order valence-corrected chi connectivity index (χ3v) is 7.62. The van der Waals surface area contributed by atoms with E-state index in [9.17, 15) is 18.8 Å². The average Bonchev–Trinajstić information content (AvgIpc) is 3.09. The Bertz CT molecular complexity index is 1100. The van der Waals surface area contributed by atoms with E-state index in [1.807, 2.05) is 12.1 Å². The number of halogens is 1. The van der Waals surface area contributed by atoms with Gasteiger partial charge in [0.15, 0.2) is 0 Å². The molecule has 8 nitrogen and oxygen atoms in total. The second-order valence-corrected chi connectivity index (χ2v) is 10.1. The highest BCUT2D eigenvalue weighted by Crippen LogP contribution is 2.31. The summed E-state index contributed by atoms with van der Waals surface area (Å²) >= 11 is 0. The largest absolute Gasteiger partial charge is 0.330 e. The number of imidazole rings is 1. The number of hydrogen-bond donors (Lipinski definition) is 2. The monoisotopic (exact) mass is 487 g/mol. The van der Waals surface area contributed by atoms with Crippen LogP contribution in [0.25, 0.3) is 11.0 Å². The van der Waals surface area contributed by atoms with Crippen LogP contribution in [0.5, 0.6) is 0 Å². The number of amides is 2. The zero-order chi connectivity index (χ0) is 24.9. The van der Waals surface area contributed by atoms with Crippen molar-refractivity contribution < 1.29 is 14.0 Å². The number of nitrogens with zero attached hydrogens (tertiary/aromatic N) is 3. The molecule has 192 valence electrons. The first kappa shape index (κ1) is 25.6. The number of nitrogens with one attached hydrogen (secondary N) is 1. The molecule has 2 atom stereocenters. The number of fused-ring (bicyclic) bond motifs is 1. The maximum absolute atomic E-state index is 14.4. The minimum Gasteiger partial charge on any atom is -0.330 e. The Morgan fingerprint density at radius 1 is 1.06 bits per heavy atom. The van der Waals surface area contributed by atoms with E-state index in [-0.39, 0.29) is 18.0 Å². The van der Waals surface area contributed by atoms with Gasteiger partial charge in [-0.15, -0.1) is 0 Å². The first-order valence-corrected chi connectivity index (χ1v) is 13.0. The molecule has 35 heavy (non-hydrogen) atoms. The van der Waals surface area contributed by atoms with Gasteiger partial charge in [0.1, 0.15) is 12.2 Å². The number of alkyl halides is 1. The van der Waals surface area contributed by atoms with Crippen LogP contribution in [0.1, 0.15) is 75.3 Å². The number of benzene rings is 1. The Morgan fingerprint density at radius 2 is 1.80 bits per heavy atom. The maximum Gasteiger partial charge on any atom is 0.329 e. The number of unbranched alkanes of at least 4 members (excludes halogenated alkanes) is 3. The van der Waals surface area contributed by atoms with E-state index in [4.69, 9.17) is 5.73 Å². The number of rotatable bonds is 10. The number of carbonyl (C=O) groups excluding carboxylic acids is 2. The first-order valence-electron chi connectivity index (χ1n) is 13.0. The summed E-state index contributed by atoms with van der Waals surface area (Å²) in [7, 11) is 1.72. The second-order valence-electron chi connectivity index (χ2n) is 10.1. The molecule has 3 N–H and O–H groups in total. The molecule has 0 saturated carbocycles. The van der Waals surface area contributed by atoms with Gasteiger partial charge < -0.3 is 10.6 Å². The summed E-state index contributed by atoms with van der Waals surface area (Å²) in [5, 5.41) is 2.35. The molecule has 3 heterocycles. The van der Waals surface area contributed by atoms with Crippen molar-refractivity contribution in [2.75, 3.05) is 26.2 Å². The van der Waals surface area contributed by atoms with Gasteiger partial charge in [0, 0.05) is 20.0 Å². The molecule has 2 fully saturated rings. The van der Waals surface area contributed by atoms with Crippen LogP contribution in [0.15, 0.2) is 23.0 Å². The fraction of sp³-hybridized carbons (Fsp3) is 0.654. The Balaban J connectivity index is 1.37. The highest BCUT2D eigenvalue weighted by Gasteiger charge is 2.31. The number of likely N-dealkylation sites (tertiary alicyclic amines) is 1. The topological polar surface area (TPSA) is 102 Å². The highest BCUT2D eigenvalue weighted by atomic mass is 19.1. The van der Waals surface area contributed by atoms with Gasteiger partial charge in [-0.1, -0.05) is 25.3 Å². The van der Waals surface area contributed by atoms with Crippen molar-refractivity contribution in [3.63, 3.8) is 0 Å². The van der Waals surface area contributed by atoms with E-state index in [0.717, 1.165) is 57.1 Å². The number of imide groups is 1. The molecular formula is C26H38FN5O3. The van der Waals surface area contributed by atoms with Gasteiger partial charge in [-0.2, -0.15) is 0 Å². The lowest BCUT2D eigenvalue weighted by Gasteiger charge is -2.33. The molecule has 9 heteroatoms. The molecule has 2 aliphatic rings. The van der Waals surface area contributed by atoms with E-state index in [1.54, 1.807) is 11.6 Å². The van der Waals surface area contributed by atoms with Gasteiger partial charge in [0.2, 0.25) is 11.8 Å². The summed E-state index contributed by atoms with van der Waals surface area (Å²) in [5.74, 6) is -0.359. The third kappa shape index (κ3) is 5.83. The highest BCUT2D eigenvalue weighted by molar-refractivity contribution is 6.00. The molecule has 0 bridgehead atoms. The van der Waals surface area contributed by atoms with Crippen molar-refractivity contribution in [3.05, 3.63) is 34.2 Å². The van der Waals surface area contributed by atoms with Crippen LogP contribution in [0, 0.1) is 0 Å². The summed E-state index contributed by atoms with van der Waals surface area (Å²) in [6.07, 6.45) is 6.39. The molecule has 2 amide bonds. The zero-order valence-corrected chi connectivity index (χ0v) is 20.7. The van der Waals surface area contributed by atoms with Gasteiger partial charge in [-0.3, -0.25) is 24.0 Å². The Hall–Kier alpha value is -2.52. The first-order chi connectivity index (χ1) is 16.9. The van der Waals surface area contributed by atoms with Gasteiger partial charge in [0.25, 0.3) is 0 Å². The second kappa shape index (κ2) is 11.5. The molecule has 2 aromatic rings. The van der Waals surface area contributed by atoms with Gasteiger partial charge in [0.05, 0.1) is 11.0 Å². The maximum atomic E-state index is 14.4. The lowest BCUT2D eigenvalue weighted by molar-refractivity contribution is -0.135. The normalized spacial score (nSPS) is 20.9. The van der Waals surface area contributed by atoms with Crippen LogP contribution in [0.4, 0.5) is 4.39 Å². The van der Waals surface area contributed by atoms with Gasteiger partial charge in [-0.05, 0) is 75.4 Å². The summed E-state index contributed by atoms with van der Waals surface area (Å²) in [6.45, 7) is 2.95. The van der Waals surface area contributed by atoms with Gasteiger partial charge in [-0.25, -0.2) is 9.18 Å². The smallest absolute Gasteiger partial charge is 0.329 e. The van der Waals surface area contributed by atoms with Crippen molar-refractivity contribution in [2.24, 2.45) is 12.8 Å². The average molecular weight is 488 g/mol. The molecule has 0 spiro atoms. The Labute approximate surface area is 205 Å². The Morgan fingerprint density at radius 3 is 2.51 bits per heavy atom. The SMILES string of the molecule is Cn1c(=O)n(C2CCC(=O)NC2=O)c2ccc(C3CCN(CC(F)CCCCCCN)CC3)cc21. The van der Waals surface area contributed by atoms with Crippen molar-refractivity contribution in [1.29, 1.82) is 0 Å². The molecule has 2 saturated heterocycles. The van der Waals surface area contributed by atoms with Crippen molar-refractivity contribution >= 4 is 22.8 Å². The molecule has 0 aliphatic carbocycles. The van der Waals surface area contributed by atoms with Crippen LogP contribution in [0.2, 0.25) is 0 Å². The molecule has 2 unspecified atom stereocenters. The predicted molar refractivity (Wildman–Crippen MR) is 134 cm³/mol. The summed E-state index contributed by atoms with van der Waals surface area (Å²) < 4.78 is 17.5. The number of hydrogen-bond acceptors (Lipinski definition) is 5. The summed E-state index contributed by atoms with van der Waals surface area (Å²) in [5.41, 5.74) is 7.93. The van der Waals surface area contributed by atoms with E-state index in [1.165, 1.54) is 10.1 Å². The van der Waals surface area contributed by atoms with Crippen LogP contribution in [-0.4, -0.2) is 58.2 Å². The molecule has 2 aliphatic heterocycles. The van der Waals surface area contributed by atoms with Crippen LogP contribution in [0.3, 0.4) is 0 Å². The number of piperidine rings is 2. The molecule has 4 rings (SSSR count). The van der Waals surface area contributed by atoms with Crippen LogP contribution < -0.4 is 16.7 Å². The molecule has 1 aromatic carbocycles. The van der Waals surface area contributed by atoms with Crippen LogP contribution in [-0.2, 0) is 16.6 Å². The lowest BCUT2D eigenvalue weighted by atomic mass is 9.89. The minimum atomic E-state index is -0.776. The fourth-order valence-corrected chi connectivity index (χ4v) is 5.55. The summed E-state index contributed by atoms with van der Waals surface area (Å²) in [4.78, 5) is 39.1. The number of carbonyl (C=O) groups is 2. The zero-order valence-electron chi connectivity index (χ0n) is 20.7. The van der Waals surface area contributed by atoms with E-state index < -0.39 is 18.1 Å². The number of aryl methyl sites for hydroxylation is 1. The molecular weight excluding hydrogens is 449 g/mol. The van der Waals surface area contributed by atoms with Crippen molar-refractivity contribution in [1.82, 2.24) is 19.4 Å². The Kier molecular flexibility index (Phi) is 8.38. The predicted octanol–water partition coefficient (Wildman–Crippen LogP) is 2.74. The van der Waals surface area contributed by atoms with E-state index in [0.29, 0.717) is 37.4 Å². The number of aromatic nitrogens is 2. The summed E-state index contributed by atoms with van der Waals surface area (Å²) in [6, 6.07) is 5.35. The minimum absolute atomic E-state index is 0.226. The van der Waals surface area contributed by atoms with Gasteiger partial charge >= 0.3 is 5.69 Å². The molecule has 1 aromatic heterocycles. The number of nitrogens with two attached hydrogens (primary N) is 1. The molecule has 0 radical (unpaired) electrons. The lowest BCUT2D eigenvalue weighted by Crippen LogP contribution is -2.44. The quantitative estimate of drug-likeness (QED) is 0.396. The van der Waals surface area contributed by atoms with Crippen molar-refractivity contribution in [2.45, 2.75) is 75.9 Å². The van der Waals surface area contributed by atoms with Crippen molar-refractivity contribution in [3.8, 4) is 0 Å².